The minimum atomic E-state index is -4.51. The van der Waals surface area contributed by atoms with Gasteiger partial charge in [-0.3, -0.25) is 9.59 Å². The number of benzene rings is 4. The quantitative estimate of drug-likeness (QED) is 0.264. The molecule has 4 nitrogen and oxygen atoms in total. The molecule has 0 spiro atoms. The number of nitrogens with one attached hydrogen (secondary N) is 2. The number of alkyl halides is 3. The summed E-state index contributed by atoms with van der Waals surface area (Å²) in [5.41, 5.74) is 4.13. The van der Waals surface area contributed by atoms with Gasteiger partial charge in [-0.1, -0.05) is 48.5 Å². The van der Waals surface area contributed by atoms with Crippen LogP contribution in [0.3, 0.4) is 0 Å². The molecule has 0 atom stereocenters. The van der Waals surface area contributed by atoms with Gasteiger partial charge in [0.05, 0.1) is 5.56 Å². The monoisotopic (exact) mass is 502 g/mol. The van der Waals surface area contributed by atoms with Crippen molar-refractivity contribution in [2.45, 2.75) is 20.0 Å². The van der Waals surface area contributed by atoms with Gasteiger partial charge in [-0.05, 0) is 78.1 Å². The number of Topliss-reactive ketones (excluding diaryl/α,β-unsaturated/α-hetero) is 1. The Morgan fingerprint density at radius 1 is 0.703 bits per heavy atom. The lowest BCUT2D eigenvalue weighted by atomic mass is 9.94. The fourth-order valence-corrected chi connectivity index (χ4v) is 4.13. The number of hydrogen-bond donors (Lipinski definition) is 2. The van der Waals surface area contributed by atoms with Crippen LogP contribution in [0.5, 0.6) is 0 Å². The molecule has 0 aliphatic carbocycles. The first-order valence-corrected chi connectivity index (χ1v) is 11.6. The normalized spacial score (nSPS) is 11.2. The molecular formula is C30H25F3N2O2. The molecule has 4 aromatic rings. The fourth-order valence-electron chi connectivity index (χ4n) is 4.13. The van der Waals surface area contributed by atoms with Crippen LogP contribution in [0.4, 0.5) is 24.5 Å². The summed E-state index contributed by atoms with van der Waals surface area (Å²) >= 11 is 0. The summed E-state index contributed by atoms with van der Waals surface area (Å²) in [7, 11) is 1.57. The zero-order valence-corrected chi connectivity index (χ0v) is 20.5. The van der Waals surface area contributed by atoms with Gasteiger partial charge in [0.2, 0.25) is 0 Å². The lowest BCUT2D eigenvalue weighted by molar-refractivity contribution is -0.137. The first-order chi connectivity index (χ1) is 17.6. The summed E-state index contributed by atoms with van der Waals surface area (Å²) < 4.78 is 41.1. The number of anilines is 2. The number of rotatable bonds is 6. The topological polar surface area (TPSA) is 58.2 Å². The molecule has 2 N–H and O–H groups in total. The molecule has 0 fully saturated rings. The molecule has 0 aliphatic rings. The molecule has 4 rings (SSSR count). The number of hydrogen-bond acceptors (Lipinski definition) is 3. The molecule has 0 aliphatic heterocycles. The fraction of sp³-hybridized carbons (Fsp3) is 0.133. The number of carbonyl (C=O) groups is 2. The smallest absolute Gasteiger partial charge is 0.388 e. The third-order valence-corrected chi connectivity index (χ3v) is 6.16. The number of halogens is 3. The Morgan fingerprint density at radius 2 is 1.24 bits per heavy atom. The minimum absolute atomic E-state index is 0.00525. The van der Waals surface area contributed by atoms with Gasteiger partial charge in [0.15, 0.2) is 5.78 Å². The second kappa shape index (κ2) is 10.3. The van der Waals surface area contributed by atoms with Gasteiger partial charge in [-0.15, -0.1) is 0 Å². The molecule has 0 saturated carbocycles. The summed E-state index contributed by atoms with van der Waals surface area (Å²) in [6.07, 6.45) is -4.51. The molecule has 37 heavy (non-hydrogen) atoms. The van der Waals surface area contributed by atoms with Crippen molar-refractivity contribution >= 4 is 23.1 Å². The van der Waals surface area contributed by atoms with E-state index in [-0.39, 0.29) is 17.3 Å². The summed E-state index contributed by atoms with van der Waals surface area (Å²) in [6, 6.07) is 23.2. The van der Waals surface area contributed by atoms with Gasteiger partial charge in [0, 0.05) is 29.5 Å². The van der Waals surface area contributed by atoms with Crippen LogP contribution in [0.1, 0.15) is 38.8 Å². The van der Waals surface area contributed by atoms with E-state index in [1.54, 1.807) is 62.5 Å². The van der Waals surface area contributed by atoms with Gasteiger partial charge in [0.1, 0.15) is 0 Å². The standard InChI is InChI=1S/C30H25F3N2O2/c1-18-16-25(13-14-26(18)27-15-12-24(34-3)17-28(27)30(31,32)33)35-29(37)23-10-8-22(9-11-23)21-6-4-20(5-7-21)19(2)36/h4-17,34H,1-3H3,(H,35,37). The Kier molecular flexibility index (Phi) is 7.16. The lowest BCUT2D eigenvalue weighted by Crippen LogP contribution is -2.12. The predicted octanol–water partition coefficient (Wildman–Crippen LogP) is 7.84. The highest BCUT2D eigenvalue weighted by atomic mass is 19.4. The molecule has 0 bridgehead atoms. The summed E-state index contributed by atoms with van der Waals surface area (Å²) in [4.78, 5) is 24.3. The number of aryl methyl sites for hydroxylation is 1. The van der Waals surface area contributed by atoms with Crippen molar-refractivity contribution in [1.82, 2.24) is 0 Å². The largest absolute Gasteiger partial charge is 0.417 e. The SMILES string of the molecule is CNc1ccc(-c2ccc(NC(=O)c3ccc(-c4ccc(C(C)=O)cc4)cc3)cc2C)c(C(F)(F)F)c1. The number of ketones is 1. The Hall–Kier alpha value is -4.39. The van der Waals surface area contributed by atoms with Crippen LogP contribution in [-0.4, -0.2) is 18.7 Å². The highest BCUT2D eigenvalue weighted by Crippen LogP contribution is 2.40. The maximum atomic E-state index is 13.7. The molecule has 0 unspecified atom stereocenters. The molecule has 0 saturated heterocycles. The Labute approximate surface area is 213 Å². The maximum absolute atomic E-state index is 13.7. The molecule has 4 aromatic carbocycles. The molecule has 0 heterocycles. The van der Waals surface area contributed by atoms with Gasteiger partial charge in [0.25, 0.3) is 5.91 Å². The summed E-state index contributed by atoms with van der Waals surface area (Å²) in [5.74, 6) is -0.339. The van der Waals surface area contributed by atoms with Gasteiger partial charge in [-0.25, -0.2) is 0 Å². The van der Waals surface area contributed by atoms with Crippen molar-refractivity contribution in [2.75, 3.05) is 17.7 Å². The van der Waals surface area contributed by atoms with Crippen LogP contribution in [0.15, 0.2) is 84.9 Å². The molecule has 0 radical (unpaired) electrons. The molecule has 7 heteroatoms. The van der Waals surface area contributed by atoms with E-state index in [0.717, 1.165) is 17.2 Å². The van der Waals surface area contributed by atoms with Crippen LogP contribution < -0.4 is 10.6 Å². The zero-order chi connectivity index (χ0) is 26.7. The highest BCUT2D eigenvalue weighted by molar-refractivity contribution is 6.04. The highest BCUT2D eigenvalue weighted by Gasteiger charge is 2.34. The number of carbonyl (C=O) groups excluding carboxylic acids is 2. The van der Waals surface area contributed by atoms with Crippen molar-refractivity contribution in [2.24, 2.45) is 0 Å². The lowest BCUT2D eigenvalue weighted by Gasteiger charge is -2.17. The van der Waals surface area contributed by atoms with Crippen molar-refractivity contribution in [1.29, 1.82) is 0 Å². The molecule has 1 amide bonds. The molecular weight excluding hydrogens is 477 g/mol. The average Bonchev–Trinajstić information content (AvgIpc) is 2.88. The van der Waals surface area contributed by atoms with E-state index in [0.29, 0.717) is 33.6 Å². The van der Waals surface area contributed by atoms with E-state index in [9.17, 15) is 22.8 Å². The second-order valence-electron chi connectivity index (χ2n) is 8.70. The van der Waals surface area contributed by atoms with Crippen molar-refractivity contribution < 1.29 is 22.8 Å². The van der Waals surface area contributed by atoms with Gasteiger partial charge < -0.3 is 10.6 Å². The molecule has 188 valence electrons. The van der Waals surface area contributed by atoms with E-state index in [4.69, 9.17) is 0 Å². The third-order valence-electron chi connectivity index (χ3n) is 6.16. The minimum Gasteiger partial charge on any atom is -0.388 e. The van der Waals surface area contributed by atoms with Crippen molar-refractivity contribution in [3.63, 3.8) is 0 Å². The van der Waals surface area contributed by atoms with Crippen molar-refractivity contribution in [3.05, 3.63) is 107 Å². The van der Waals surface area contributed by atoms with Crippen LogP contribution >= 0.6 is 0 Å². The van der Waals surface area contributed by atoms with Crippen LogP contribution in [0.2, 0.25) is 0 Å². The summed E-state index contributed by atoms with van der Waals surface area (Å²) in [5, 5.41) is 5.55. The van der Waals surface area contributed by atoms with Gasteiger partial charge >= 0.3 is 6.18 Å². The van der Waals surface area contributed by atoms with E-state index in [1.807, 2.05) is 24.3 Å². The van der Waals surface area contributed by atoms with Crippen LogP contribution in [-0.2, 0) is 6.18 Å². The summed E-state index contributed by atoms with van der Waals surface area (Å²) in [6.45, 7) is 3.22. The van der Waals surface area contributed by atoms with Crippen LogP contribution in [0, 0.1) is 6.92 Å². The Balaban J connectivity index is 1.53. The van der Waals surface area contributed by atoms with Crippen molar-refractivity contribution in [3.8, 4) is 22.3 Å². The first-order valence-electron chi connectivity index (χ1n) is 11.6. The molecule has 0 aromatic heterocycles. The Morgan fingerprint density at radius 3 is 1.76 bits per heavy atom. The van der Waals surface area contributed by atoms with Crippen LogP contribution in [0.25, 0.3) is 22.3 Å². The van der Waals surface area contributed by atoms with E-state index in [1.165, 1.54) is 13.0 Å². The van der Waals surface area contributed by atoms with E-state index < -0.39 is 11.7 Å². The van der Waals surface area contributed by atoms with E-state index >= 15 is 0 Å². The van der Waals surface area contributed by atoms with Gasteiger partial charge in [-0.2, -0.15) is 13.2 Å². The Bertz CT molecular complexity index is 1460. The maximum Gasteiger partial charge on any atom is 0.417 e. The second-order valence-corrected chi connectivity index (χ2v) is 8.70. The average molecular weight is 503 g/mol. The number of amides is 1. The van der Waals surface area contributed by atoms with E-state index in [2.05, 4.69) is 10.6 Å². The predicted molar refractivity (Wildman–Crippen MR) is 141 cm³/mol. The first kappa shape index (κ1) is 25.7. The third kappa shape index (κ3) is 5.72. The zero-order valence-electron chi connectivity index (χ0n) is 20.5.